The largest absolute Gasteiger partial charge is 0.506 e. The van der Waals surface area contributed by atoms with E-state index in [1.807, 2.05) is 0 Å². The average molecular weight is 239 g/mol. The molecule has 0 spiro atoms. The Morgan fingerprint density at radius 3 is 2.25 bits per heavy atom. The van der Waals surface area contributed by atoms with Crippen molar-refractivity contribution in [2.24, 2.45) is 0 Å². The molecule has 0 aliphatic rings. The summed E-state index contributed by atoms with van der Waals surface area (Å²) < 4.78 is 30.9. The summed E-state index contributed by atoms with van der Waals surface area (Å²) in [6.45, 7) is 0. The zero-order chi connectivity index (χ0) is 11.9. The van der Waals surface area contributed by atoms with Crippen LogP contribution in [-0.2, 0) is 10.1 Å². The summed E-state index contributed by atoms with van der Waals surface area (Å²) in [5, 5.41) is 10.5. The normalized spacial score (nSPS) is 11.8. The summed E-state index contributed by atoms with van der Waals surface area (Å²) in [4.78, 5) is -0.580. The first-order valence-electron chi connectivity index (χ1n) is 4.39. The van der Waals surface area contributed by atoms with Gasteiger partial charge in [-0.25, -0.2) is 0 Å². The molecule has 2 rings (SSSR count). The summed E-state index contributed by atoms with van der Waals surface area (Å²) in [7, 11) is -4.48. The fraction of sp³-hybridized carbons (Fsp3) is 0. The summed E-state index contributed by atoms with van der Waals surface area (Å²) >= 11 is 0. The van der Waals surface area contributed by atoms with Gasteiger partial charge in [-0.05, 0) is 6.07 Å². The van der Waals surface area contributed by atoms with Gasteiger partial charge in [-0.15, -0.1) is 0 Å². The molecule has 2 aromatic carbocycles. The number of phenolic OH excluding ortho intramolecular Hbond substituents is 1. The zero-order valence-electron chi connectivity index (χ0n) is 8.08. The van der Waals surface area contributed by atoms with E-state index in [1.165, 1.54) is 6.07 Å². The van der Waals surface area contributed by atoms with Crippen molar-refractivity contribution in [2.45, 2.75) is 4.90 Å². The van der Waals surface area contributed by atoms with Gasteiger partial charge >= 0.3 is 0 Å². The number of rotatable bonds is 1. The molecule has 84 valence electrons. The first-order chi connectivity index (χ1) is 7.41. The summed E-state index contributed by atoms with van der Waals surface area (Å²) in [6, 6.07) is 7.56. The van der Waals surface area contributed by atoms with Crippen molar-refractivity contribution in [2.75, 3.05) is 5.73 Å². The van der Waals surface area contributed by atoms with Gasteiger partial charge in [-0.2, -0.15) is 8.42 Å². The molecule has 0 unspecified atom stereocenters. The Kier molecular flexibility index (Phi) is 2.25. The second-order valence-electron chi connectivity index (χ2n) is 3.33. The number of phenols is 1. The van der Waals surface area contributed by atoms with E-state index in [0.717, 1.165) is 6.07 Å². The second-order valence-corrected chi connectivity index (χ2v) is 4.72. The van der Waals surface area contributed by atoms with Crippen LogP contribution in [0.3, 0.4) is 0 Å². The molecule has 0 aromatic heterocycles. The van der Waals surface area contributed by atoms with Crippen molar-refractivity contribution in [3.8, 4) is 5.75 Å². The Morgan fingerprint density at radius 2 is 1.69 bits per heavy atom. The lowest BCUT2D eigenvalue weighted by molar-refractivity contribution is 0.448. The highest BCUT2D eigenvalue weighted by Gasteiger charge is 2.19. The van der Waals surface area contributed by atoms with Crippen LogP contribution < -0.4 is 5.73 Å². The van der Waals surface area contributed by atoms with Crippen LogP contribution >= 0.6 is 0 Å². The Bertz CT molecular complexity index is 664. The summed E-state index contributed by atoms with van der Waals surface area (Å²) in [5.74, 6) is -0.493. The molecule has 0 saturated heterocycles. The molecule has 0 radical (unpaired) electrons. The van der Waals surface area contributed by atoms with Crippen molar-refractivity contribution < 1.29 is 18.1 Å². The van der Waals surface area contributed by atoms with Crippen molar-refractivity contribution >= 4 is 26.6 Å². The van der Waals surface area contributed by atoms with Gasteiger partial charge in [0.15, 0.2) is 0 Å². The number of hydrogen-bond donors (Lipinski definition) is 3. The third-order valence-electron chi connectivity index (χ3n) is 2.29. The molecule has 6 heteroatoms. The molecular formula is C10H9NO4S. The SMILES string of the molecule is Nc1cc(S(=O)(=O)O)c(O)c2ccccc12. The predicted octanol–water partition coefficient (Wildman–Crippen LogP) is 1.37. The van der Waals surface area contributed by atoms with Crippen molar-refractivity contribution in [1.82, 2.24) is 0 Å². The molecule has 4 N–H and O–H groups in total. The highest BCUT2D eigenvalue weighted by Crippen LogP contribution is 2.35. The maximum absolute atomic E-state index is 11.0. The minimum absolute atomic E-state index is 0.182. The lowest BCUT2D eigenvalue weighted by Gasteiger charge is -2.08. The van der Waals surface area contributed by atoms with Gasteiger partial charge in [0, 0.05) is 16.5 Å². The van der Waals surface area contributed by atoms with Gasteiger partial charge in [0.2, 0.25) is 0 Å². The van der Waals surface area contributed by atoms with Crippen molar-refractivity contribution in [1.29, 1.82) is 0 Å². The fourth-order valence-corrected chi connectivity index (χ4v) is 2.19. The Balaban J connectivity index is 2.97. The molecule has 0 bridgehead atoms. The van der Waals surface area contributed by atoms with Crippen LogP contribution in [0.1, 0.15) is 0 Å². The van der Waals surface area contributed by atoms with Crippen LogP contribution in [0.5, 0.6) is 5.75 Å². The average Bonchev–Trinajstić information content (AvgIpc) is 2.22. The third kappa shape index (κ3) is 1.58. The predicted molar refractivity (Wildman–Crippen MR) is 59.8 cm³/mol. The molecule has 16 heavy (non-hydrogen) atoms. The molecule has 0 heterocycles. The molecule has 0 aliphatic heterocycles. The number of aromatic hydroxyl groups is 1. The number of hydrogen-bond acceptors (Lipinski definition) is 4. The first kappa shape index (κ1) is 10.7. The highest BCUT2D eigenvalue weighted by atomic mass is 32.2. The van der Waals surface area contributed by atoms with Gasteiger partial charge < -0.3 is 10.8 Å². The Hall–Kier alpha value is -1.79. The second kappa shape index (κ2) is 3.36. The summed E-state index contributed by atoms with van der Waals surface area (Å²) in [5.41, 5.74) is 5.82. The van der Waals surface area contributed by atoms with Crippen LogP contribution in [0, 0.1) is 0 Å². The lowest BCUT2D eigenvalue weighted by atomic mass is 10.1. The monoisotopic (exact) mass is 239 g/mol. The third-order valence-corrected chi connectivity index (χ3v) is 3.16. The van der Waals surface area contributed by atoms with Crippen LogP contribution in [0.4, 0.5) is 5.69 Å². The van der Waals surface area contributed by atoms with E-state index in [-0.39, 0.29) is 11.1 Å². The van der Waals surface area contributed by atoms with Crippen LogP contribution in [0.25, 0.3) is 10.8 Å². The van der Waals surface area contributed by atoms with Gasteiger partial charge in [-0.1, -0.05) is 24.3 Å². The van der Waals surface area contributed by atoms with E-state index in [4.69, 9.17) is 10.3 Å². The lowest BCUT2D eigenvalue weighted by Crippen LogP contribution is -2.00. The molecule has 2 aromatic rings. The molecule has 0 fully saturated rings. The molecular weight excluding hydrogens is 230 g/mol. The number of anilines is 1. The molecule has 0 atom stereocenters. The highest BCUT2D eigenvalue weighted by molar-refractivity contribution is 7.86. The van der Waals surface area contributed by atoms with E-state index >= 15 is 0 Å². The van der Waals surface area contributed by atoms with Gasteiger partial charge in [0.1, 0.15) is 10.6 Å². The van der Waals surface area contributed by atoms with Gasteiger partial charge in [0.05, 0.1) is 0 Å². The topological polar surface area (TPSA) is 101 Å². The zero-order valence-corrected chi connectivity index (χ0v) is 8.90. The first-order valence-corrected chi connectivity index (χ1v) is 5.83. The molecule has 0 saturated carbocycles. The number of benzene rings is 2. The van der Waals surface area contributed by atoms with Crippen LogP contribution in [0.15, 0.2) is 35.2 Å². The molecule has 0 aliphatic carbocycles. The maximum Gasteiger partial charge on any atom is 0.298 e. The minimum Gasteiger partial charge on any atom is -0.506 e. The molecule has 0 amide bonds. The molecule has 5 nitrogen and oxygen atoms in total. The number of nitrogens with two attached hydrogens (primary N) is 1. The van der Waals surface area contributed by atoms with Crippen molar-refractivity contribution in [3.63, 3.8) is 0 Å². The maximum atomic E-state index is 11.0. The van der Waals surface area contributed by atoms with E-state index in [0.29, 0.717) is 5.39 Å². The minimum atomic E-state index is -4.48. The van der Waals surface area contributed by atoms with E-state index < -0.39 is 20.8 Å². The van der Waals surface area contributed by atoms with Crippen LogP contribution in [0.2, 0.25) is 0 Å². The van der Waals surface area contributed by atoms with Crippen LogP contribution in [-0.4, -0.2) is 18.1 Å². The smallest absolute Gasteiger partial charge is 0.298 e. The quantitative estimate of drug-likeness (QED) is 0.396. The Labute approximate surface area is 91.9 Å². The fourth-order valence-electron chi connectivity index (χ4n) is 1.56. The number of fused-ring (bicyclic) bond motifs is 1. The number of nitrogen functional groups attached to an aromatic ring is 1. The summed E-state index contributed by atoms with van der Waals surface area (Å²) in [6.07, 6.45) is 0. The van der Waals surface area contributed by atoms with E-state index in [1.54, 1.807) is 18.2 Å². The van der Waals surface area contributed by atoms with Crippen molar-refractivity contribution in [3.05, 3.63) is 30.3 Å². The van der Waals surface area contributed by atoms with Gasteiger partial charge in [-0.3, -0.25) is 4.55 Å². The van der Waals surface area contributed by atoms with Gasteiger partial charge in [0.25, 0.3) is 10.1 Å². The standard InChI is InChI=1S/C10H9NO4S/c11-8-5-9(16(13,14)15)10(12)7-4-2-1-3-6(7)8/h1-5,12H,11H2,(H,13,14,15). The van der Waals surface area contributed by atoms with E-state index in [2.05, 4.69) is 0 Å². The van der Waals surface area contributed by atoms with E-state index in [9.17, 15) is 13.5 Å². The Morgan fingerprint density at radius 1 is 1.12 bits per heavy atom.